The maximum absolute atomic E-state index is 9.95. The van der Waals surface area contributed by atoms with E-state index in [1.54, 1.807) is 6.07 Å². The molecule has 100 valence electrons. The maximum Gasteiger partial charge on any atom is 0.120 e. The zero-order chi connectivity index (χ0) is 13.0. The Balaban J connectivity index is 2.12. The molecule has 0 aromatic heterocycles. The topological polar surface area (TPSA) is 23.5 Å². The molecule has 2 nitrogen and oxygen atoms in total. The Morgan fingerprint density at radius 3 is 2.94 bits per heavy atom. The number of aromatic hydroxyl groups is 1. The quantitative estimate of drug-likeness (QED) is 0.899. The summed E-state index contributed by atoms with van der Waals surface area (Å²) >= 11 is 3.48. The second-order valence-electron chi connectivity index (χ2n) is 5.15. The highest BCUT2D eigenvalue weighted by Crippen LogP contribution is 2.27. The van der Waals surface area contributed by atoms with Crippen LogP contribution in [0.3, 0.4) is 0 Å². The molecule has 2 rings (SSSR count). The van der Waals surface area contributed by atoms with Crippen molar-refractivity contribution >= 4 is 15.9 Å². The third-order valence-electron chi connectivity index (χ3n) is 3.89. The van der Waals surface area contributed by atoms with Gasteiger partial charge in [0.15, 0.2) is 0 Å². The summed E-state index contributed by atoms with van der Waals surface area (Å²) in [5, 5.41) is 9.95. The molecule has 0 amide bonds. The van der Waals surface area contributed by atoms with Crippen LogP contribution in [0.4, 0.5) is 0 Å². The van der Waals surface area contributed by atoms with E-state index in [-0.39, 0.29) is 0 Å². The Labute approximate surface area is 118 Å². The maximum atomic E-state index is 9.95. The summed E-state index contributed by atoms with van der Waals surface area (Å²) in [6.45, 7) is 4.29. The molecule has 3 heteroatoms. The molecular formula is C15H22BrNO. The zero-order valence-electron chi connectivity index (χ0n) is 11.0. The van der Waals surface area contributed by atoms with E-state index in [2.05, 4.69) is 27.8 Å². The molecule has 1 atom stereocenters. The lowest BCUT2D eigenvalue weighted by Crippen LogP contribution is -2.33. The van der Waals surface area contributed by atoms with Gasteiger partial charge in [0.05, 0.1) is 0 Å². The van der Waals surface area contributed by atoms with E-state index in [9.17, 15) is 5.11 Å². The smallest absolute Gasteiger partial charge is 0.120 e. The van der Waals surface area contributed by atoms with Crippen LogP contribution in [0, 0.1) is 0 Å². The van der Waals surface area contributed by atoms with Crippen LogP contribution in [-0.4, -0.2) is 22.6 Å². The van der Waals surface area contributed by atoms with Gasteiger partial charge in [0.25, 0.3) is 0 Å². The average Bonchev–Trinajstić information content (AvgIpc) is 2.59. The van der Waals surface area contributed by atoms with Gasteiger partial charge < -0.3 is 5.11 Å². The molecule has 1 N–H and O–H groups in total. The lowest BCUT2D eigenvalue weighted by atomic mass is 10.1. The van der Waals surface area contributed by atoms with E-state index < -0.39 is 0 Å². The molecular weight excluding hydrogens is 290 g/mol. The molecule has 1 aromatic rings. The van der Waals surface area contributed by atoms with Crippen LogP contribution in [0.1, 0.15) is 44.6 Å². The number of phenolic OH excluding ortho intramolecular Hbond substituents is 1. The van der Waals surface area contributed by atoms with Gasteiger partial charge >= 0.3 is 0 Å². The first-order chi connectivity index (χ1) is 8.70. The Morgan fingerprint density at radius 2 is 2.17 bits per heavy atom. The van der Waals surface area contributed by atoms with E-state index in [0.717, 1.165) is 23.1 Å². The Morgan fingerprint density at radius 1 is 1.33 bits per heavy atom. The van der Waals surface area contributed by atoms with Crippen molar-refractivity contribution in [3.63, 3.8) is 0 Å². The molecule has 1 aromatic carbocycles. The second kappa shape index (κ2) is 6.58. The molecule has 0 aliphatic carbocycles. The number of rotatable bonds is 3. The van der Waals surface area contributed by atoms with E-state index >= 15 is 0 Å². The van der Waals surface area contributed by atoms with Crippen molar-refractivity contribution in [2.24, 2.45) is 0 Å². The van der Waals surface area contributed by atoms with Crippen molar-refractivity contribution < 1.29 is 5.11 Å². The van der Waals surface area contributed by atoms with E-state index in [0.29, 0.717) is 11.8 Å². The van der Waals surface area contributed by atoms with Crippen LogP contribution < -0.4 is 0 Å². The first kappa shape index (κ1) is 13.9. The SMILES string of the molecule is CCC1CCCCCN1Cc1cc(Br)ccc1O. The van der Waals surface area contributed by atoms with Crippen molar-refractivity contribution in [1.82, 2.24) is 4.90 Å². The minimum Gasteiger partial charge on any atom is -0.508 e. The van der Waals surface area contributed by atoms with Crippen LogP contribution in [0.15, 0.2) is 22.7 Å². The highest BCUT2D eigenvalue weighted by Gasteiger charge is 2.20. The van der Waals surface area contributed by atoms with Crippen molar-refractivity contribution in [2.45, 2.75) is 51.6 Å². The zero-order valence-corrected chi connectivity index (χ0v) is 12.6. The van der Waals surface area contributed by atoms with E-state index in [1.165, 1.54) is 32.1 Å². The summed E-state index contributed by atoms with van der Waals surface area (Å²) in [6, 6.07) is 6.37. The number of nitrogens with zero attached hydrogens (tertiary/aromatic N) is 1. The van der Waals surface area contributed by atoms with Gasteiger partial charge in [0.1, 0.15) is 5.75 Å². The summed E-state index contributed by atoms with van der Waals surface area (Å²) in [4.78, 5) is 2.54. The lowest BCUT2D eigenvalue weighted by molar-refractivity contribution is 0.184. The highest BCUT2D eigenvalue weighted by molar-refractivity contribution is 9.10. The molecule has 18 heavy (non-hydrogen) atoms. The summed E-state index contributed by atoms with van der Waals surface area (Å²) < 4.78 is 1.04. The second-order valence-corrected chi connectivity index (χ2v) is 6.07. The predicted molar refractivity (Wildman–Crippen MR) is 78.8 cm³/mol. The summed E-state index contributed by atoms with van der Waals surface area (Å²) in [5.41, 5.74) is 1.03. The number of phenols is 1. The molecule has 1 unspecified atom stereocenters. The summed E-state index contributed by atoms with van der Waals surface area (Å²) in [7, 11) is 0. The standard InChI is InChI=1S/C15H22BrNO/c1-2-14-6-4-3-5-9-17(14)11-12-10-13(16)7-8-15(12)18/h7-8,10,14,18H,2-6,9,11H2,1H3. The third kappa shape index (κ3) is 3.48. The molecule has 1 heterocycles. The fraction of sp³-hybridized carbons (Fsp3) is 0.600. The largest absolute Gasteiger partial charge is 0.508 e. The number of likely N-dealkylation sites (tertiary alicyclic amines) is 1. The van der Waals surface area contributed by atoms with Crippen molar-refractivity contribution in [2.75, 3.05) is 6.54 Å². The van der Waals surface area contributed by atoms with Crippen LogP contribution >= 0.6 is 15.9 Å². The minimum absolute atomic E-state index is 0.414. The number of hydrogen-bond donors (Lipinski definition) is 1. The van der Waals surface area contributed by atoms with Crippen LogP contribution in [0.25, 0.3) is 0 Å². The molecule has 1 fully saturated rings. The van der Waals surface area contributed by atoms with Gasteiger partial charge in [-0.1, -0.05) is 35.7 Å². The first-order valence-electron chi connectivity index (χ1n) is 6.92. The Hall–Kier alpha value is -0.540. The fourth-order valence-electron chi connectivity index (χ4n) is 2.81. The summed E-state index contributed by atoms with van der Waals surface area (Å²) in [6.07, 6.45) is 6.47. The average molecular weight is 312 g/mol. The van der Waals surface area contributed by atoms with Crippen molar-refractivity contribution in [3.8, 4) is 5.75 Å². The number of halogens is 1. The van der Waals surface area contributed by atoms with Gasteiger partial charge in [0, 0.05) is 22.6 Å². The number of benzene rings is 1. The summed E-state index contributed by atoms with van der Waals surface area (Å²) in [5.74, 6) is 0.414. The van der Waals surface area contributed by atoms with Crippen LogP contribution in [0.2, 0.25) is 0 Å². The molecule has 0 bridgehead atoms. The third-order valence-corrected chi connectivity index (χ3v) is 4.38. The van der Waals surface area contributed by atoms with E-state index in [1.807, 2.05) is 12.1 Å². The monoisotopic (exact) mass is 311 g/mol. The molecule has 1 aliphatic heterocycles. The first-order valence-corrected chi connectivity index (χ1v) is 7.71. The molecule has 1 aliphatic rings. The number of hydrogen-bond acceptors (Lipinski definition) is 2. The van der Waals surface area contributed by atoms with Crippen LogP contribution in [-0.2, 0) is 6.54 Å². The van der Waals surface area contributed by atoms with Gasteiger partial charge in [-0.3, -0.25) is 4.90 Å². The van der Waals surface area contributed by atoms with Gasteiger partial charge in [-0.2, -0.15) is 0 Å². The Bertz CT molecular complexity index is 394. The van der Waals surface area contributed by atoms with E-state index in [4.69, 9.17) is 0 Å². The molecule has 0 radical (unpaired) electrons. The lowest BCUT2D eigenvalue weighted by Gasteiger charge is -2.29. The molecule has 0 spiro atoms. The minimum atomic E-state index is 0.414. The molecule has 1 saturated heterocycles. The van der Waals surface area contributed by atoms with Gasteiger partial charge in [-0.05, 0) is 44.0 Å². The van der Waals surface area contributed by atoms with Crippen molar-refractivity contribution in [3.05, 3.63) is 28.2 Å². The fourth-order valence-corrected chi connectivity index (χ4v) is 3.22. The Kier molecular flexibility index (Phi) is 5.07. The normalized spacial score (nSPS) is 21.8. The van der Waals surface area contributed by atoms with Crippen molar-refractivity contribution in [1.29, 1.82) is 0 Å². The predicted octanol–water partition coefficient (Wildman–Crippen LogP) is 4.31. The van der Waals surface area contributed by atoms with Gasteiger partial charge in [-0.25, -0.2) is 0 Å². The highest BCUT2D eigenvalue weighted by atomic mass is 79.9. The molecule has 0 saturated carbocycles. The van der Waals surface area contributed by atoms with Gasteiger partial charge in [0.2, 0.25) is 0 Å². The van der Waals surface area contributed by atoms with Gasteiger partial charge in [-0.15, -0.1) is 0 Å². The van der Waals surface area contributed by atoms with Crippen LogP contribution in [0.5, 0.6) is 5.75 Å².